The van der Waals surface area contributed by atoms with Crippen LogP contribution in [0.3, 0.4) is 0 Å². The molecule has 1 aromatic heterocycles. The van der Waals surface area contributed by atoms with E-state index in [4.69, 9.17) is 0 Å². The van der Waals surface area contributed by atoms with E-state index in [1.807, 2.05) is 12.3 Å². The third kappa shape index (κ3) is 7.08. The second-order valence-electron chi connectivity index (χ2n) is 4.48. The summed E-state index contributed by atoms with van der Waals surface area (Å²) in [6.45, 7) is 6.63. The van der Waals surface area contributed by atoms with Crippen molar-refractivity contribution in [3.8, 4) is 0 Å². The van der Waals surface area contributed by atoms with Crippen LogP contribution in [0.1, 0.15) is 25.5 Å². The molecule has 1 aromatic rings. The maximum Gasteiger partial charge on any atom is 0.0416 e. The van der Waals surface area contributed by atoms with Gasteiger partial charge in [-0.2, -0.15) is 0 Å². The highest BCUT2D eigenvalue weighted by Gasteiger charge is 1.99. The van der Waals surface area contributed by atoms with Gasteiger partial charge in [-0.15, -0.1) is 0 Å². The van der Waals surface area contributed by atoms with Crippen molar-refractivity contribution in [1.82, 2.24) is 15.2 Å². The van der Waals surface area contributed by atoms with Crippen LogP contribution in [0.15, 0.2) is 24.4 Å². The van der Waals surface area contributed by atoms with Gasteiger partial charge in [0.2, 0.25) is 0 Å². The number of unbranched alkanes of at least 4 members (excludes halogenated alkanes) is 1. The highest BCUT2D eigenvalue weighted by molar-refractivity contribution is 5.03. The minimum atomic E-state index is 1.03. The fraction of sp³-hybridized carbons (Fsp3) is 0.643. The van der Waals surface area contributed by atoms with E-state index in [9.17, 15) is 0 Å². The number of aromatic nitrogens is 1. The van der Waals surface area contributed by atoms with Crippen LogP contribution in [-0.4, -0.2) is 43.1 Å². The van der Waals surface area contributed by atoms with E-state index in [2.05, 4.69) is 41.3 Å². The number of likely N-dealkylation sites (N-methyl/N-ethyl adjacent to an activating group) is 1. The monoisotopic (exact) mass is 235 g/mol. The topological polar surface area (TPSA) is 28.2 Å². The van der Waals surface area contributed by atoms with E-state index < -0.39 is 0 Å². The Balaban J connectivity index is 2.03. The molecule has 0 amide bonds. The summed E-state index contributed by atoms with van der Waals surface area (Å²) in [4.78, 5) is 6.68. The molecule has 0 spiro atoms. The second kappa shape index (κ2) is 9.14. The Kier molecular flexibility index (Phi) is 7.60. The smallest absolute Gasteiger partial charge is 0.0416 e. The third-order valence-corrected chi connectivity index (χ3v) is 2.85. The lowest BCUT2D eigenvalue weighted by Crippen LogP contribution is -2.31. The van der Waals surface area contributed by atoms with Crippen LogP contribution in [0.4, 0.5) is 0 Å². The molecule has 1 rings (SSSR count). The molecule has 0 unspecified atom stereocenters. The molecule has 0 aliphatic heterocycles. The van der Waals surface area contributed by atoms with Gasteiger partial charge in [-0.25, -0.2) is 0 Å². The van der Waals surface area contributed by atoms with Gasteiger partial charge in [-0.05, 0) is 32.1 Å². The summed E-state index contributed by atoms with van der Waals surface area (Å²) < 4.78 is 0. The van der Waals surface area contributed by atoms with E-state index >= 15 is 0 Å². The Hall–Kier alpha value is -0.930. The first-order valence-corrected chi connectivity index (χ1v) is 6.62. The lowest BCUT2D eigenvalue weighted by atomic mass is 10.2. The molecule has 0 aliphatic carbocycles. The van der Waals surface area contributed by atoms with E-state index in [1.54, 1.807) is 0 Å². The average molecular weight is 235 g/mol. The van der Waals surface area contributed by atoms with Crippen molar-refractivity contribution >= 4 is 0 Å². The van der Waals surface area contributed by atoms with E-state index in [0.717, 1.165) is 32.6 Å². The van der Waals surface area contributed by atoms with Gasteiger partial charge in [-0.3, -0.25) is 4.98 Å². The highest BCUT2D eigenvalue weighted by atomic mass is 15.1. The summed E-state index contributed by atoms with van der Waals surface area (Å²) in [5.74, 6) is 0. The summed E-state index contributed by atoms with van der Waals surface area (Å²) >= 11 is 0. The fourth-order valence-corrected chi connectivity index (χ4v) is 1.66. The zero-order valence-electron chi connectivity index (χ0n) is 11.2. The standard InChI is InChI=1S/C14H25N3/c1-3-4-9-15-11-13-17(2)12-8-14-7-5-6-10-16-14/h5-7,10,15H,3-4,8-9,11-13H2,1-2H3. The minimum absolute atomic E-state index is 1.03. The van der Waals surface area contributed by atoms with Crippen LogP contribution in [0.25, 0.3) is 0 Å². The average Bonchev–Trinajstić information content (AvgIpc) is 2.37. The van der Waals surface area contributed by atoms with E-state index in [-0.39, 0.29) is 0 Å². The van der Waals surface area contributed by atoms with Crippen molar-refractivity contribution in [2.45, 2.75) is 26.2 Å². The largest absolute Gasteiger partial charge is 0.315 e. The molecule has 17 heavy (non-hydrogen) atoms. The summed E-state index contributed by atoms with van der Waals surface area (Å²) in [6.07, 6.45) is 5.44. The van der Waals surface area contributed by atoms with Crippen LogP contribution < -0.4 is 5.32 Å². The van der Waals surface area contributed by atoms with E-state index in [0.29, 0.717) is 0 Å². The first-order valence-electron chi connectivity index (χ1n) is 6.62. The van der Waals surface area contributed by atoms with Crippen LogP contribution in [0.5, 0.6) is 0 Å². The molecule has 0 saturated carbocycles. The molecule has 0 radical (unpaired) electrons. The molecular weight excluding hydrogens is 210 g/mol. The first kappa shape index (κ1) is 14.1. The van der Waals surface area contributed by atoms with Gasteiger partial charge in [0.15, 0.2) is 0 Å². The van der Waals surface area contributed by atoms with Crippen LogP contribution >= 0.6 is 0 Å². The third-order valence-electron chi connectivity index (χ3n) is 2.85. The summed E-state index contributed by atoms with van der Waals surface area (Å²) in [5, 5.41) is 3.46. The number of nitrogens with one attached hydrogen (secondary N) is 1. The van der Waals surface area contributed by atoms with Crippen molar-refractivity contribution in [3.05, 3.63) is 30.1 Å². The zero-order valence-corrected chi connectivity index (χ0v) is 11.2. The number of rotatable bonds is 9. The van der Waals surface area contributed by atoms with Crippen molar-refractivity contribution in [2.75, 3.05) is 33.2 Å². The van der Waals surface area contributed by atoms with Gasteiger partial charge in [0.25, 0.3) is 0 Å². The maximum absolute atomic E-state index is 4.33. The summed E-state index contributed by atoms with van der Waals surface area (Å²) in [5.41, 5.74) is 1.18. The van der Waals surface area contributed by atoms with Gasteiger partial charge in [-0.1, -0.05) is 19.4 Å². The van der Waals surface area contributed by atoms with E-state index in [1.165, 1.54) is 18.5 Å². The van der Waals surface area contributed by atoms with Gasteiger partial charge >= 0.3 is 0 Å². The Morgan fingerprint density at radius 2 is 2.12 bits per heavy atom. The highest BCUT2D eigenvalue weighted by Crippen LogP contribution is 1.95. The molecule has 3 heteroatoms. The van der Waals surface area contributed by atoms with Gasteiger partial charge in [0.1, 0.15) is 0 Å². The molecule has 1 heterocycles. The first-order chi connectivity index (χ1) is 8.33. The number of pyridine rings is 1. The molecular formula is C14H25N3. The van der Waals surface area contributed by atoms with Crippen molar-refractivity contribution < 1.29 is 0 Å². The normalized spacial score (nSPS) is 11.0. The molecule has 0 bridgehead atoms. The number of hydrogen-bond donors (Lipinski definition) is 1. The zero-order chi connectivity index (χ0) is 12.3. The van der Waals surface area contributed by atoms with Gasteiger partial charge < -0.3 is 10.2 Å². The quantitative estimate of drug-likeness (QED) is 0.663. The summed E-state index contributed by atoms with van der Waals surface area (Å²) in [6, 6.07) is 6.10. The molecule has 0 aromatic carbocycles. The van der Waals surface area contributed by atoms with Crippen molar-refractivity contribution in [3.63, 3.8) is 0 Å². The lowest BCUT2D eigenvalue weighted by Gasteiger charge is -2.16. The molecule has 0 aliphatic rings. The predicted molar refractivity (Wildman–Crippen MR) is 73.2 cm³/mol. The Labute approximate surface area is 105 Å². The van der Waals surface area contributed by atoms with Crippen LogP contribution in [0.2, 0.25) is 0 Å². The number of nitrogens with zero attached hydrogens (tertiary/aromatic N) is 2. The summed E-state index contributed by atoms with van der Waals surface area (Å²) in [7, 11) is 2.17. The lowest BCUT2D eigenvalue weighted by molar-refractivity contribution is 0.334. The Bertz CT molecular complexity index is 274. The second-order valence-corrected chi connectivity index (χ2v) is 4.48. The molecule has 96 valence electrons. The fourth-order valence-electron chi connectivity index (χ4n) is 1.66. The molecule has 3 nitrogen and oxygen atoms in total. The number of hydrogen-bond acceptors (Lipinski definition) is 3. The van der Waals surface area contributed by atoms with Crippen LogP contribution in [-0.2, 0) is 6.42 Å². The van der Waals surface area contributed by atoms with Gasteiger partial charge in [0, 0.05) is 37.9 Å². The SMILES string of the molecule is CCCCNCCN(C)CCc1ccccn1. The van der Waals surface area contributed by atoms with Crippen molar-refractivity contribution in [1.29, 1.82) is 0 Å². The minimum Gasteiger partial charge on any atom is -0.315 e. The molecule has 0 atom stereocenters. The Morgan fingerprint density at radius 1 is 1.24 bits per heavy atom. The predicted octanol–water partition coefficient (Wildman–Crippen LogP) is 1.95. The van der Waals surface area contributed by atoms with Crippen LogP contribution in [0, 0.1) is 0 Å². The van der Waals surface area contributed by atoms with Gasteiger partial charge in [0.05, 0.1) is 0 Å². The molecule has 0 fully saturated rings. The maximum atomic E-state index is 4.33. The molecule has 1 N–H and O–H groups in total. The Morgan fingerprint density at radius 3 is 2.82 bits per heavy atom. The van der Waals surface area contributed by atoms with Crippen molar-refractivity contribution in [2.24, 2.45) is 0 Å². The molecule has 0 saturated heterocycles.